The smallest absolute Gasteiger partial charge is 0.336 e. The van der Waals surface area contributed by atoms with Crippen molar-refractivity contribution in [1.29, 1.82) is 0 Å². The zero-order valence-corrected chi connectivity index (χ0v) is 7.23. The van der Waals surface area contributed by atoms with E-state index in [4.69, 9.17) is 6.57 Å². The summed E-state index contributed by atoms with van der Waals surface area (Å²) in [6, 6.07) is 0. The number of rotatable bonds is 1. The first-order valence-electron chi connectivity index (χ1n) is 2.45. The minimum absolute atomic E-state index is 0.0116. The van der Waals surface area contributed by atoms with Gasteiger partial charge in [0.15, 0.2) is 0 Å². The molecule has 0 aromatic heterocycles. The minimum atomic E-state index is -0.607. The van der Waals surface area contributed by atoms with Crippen molar-refractivity contribution < 1.29 is 9.53 Å². The first kappa shape index (κ1) is 9.18. The lowest BCUT2D eigenvalue weighted by Crippen LogP contribution is -2.01. The van der Waals surface area contributed by atoms with E-state index in [9.17, 15) is 4.79 Å². The molecule has 0 radical (unpaired) electrons. The zero-order chi connectivity index (χ0) is 8.15. The molecule has 0 aromatic rings. The molecule has 0 bridgehead atoms. The maximum absolute atomic E-state index is 10.7. The molecular weight excluding hydrogens is 198 g/mol. The molecule has 0 aliphatic heterocycles. The molecule has 0 heterocycles. The molecular formula is C6H6BrNO2. The monoisotopic (exact) mass is 203 g/mol. The van der Waals surface area contributed by atoms with Crippen molar-refractivity contribution in [3.8, 4) is 0 Å². The molecule has 0 rings (SSSR count). The standard InChI is InChI=1S/C6H6BrNO2/c1-4(7)5(8-2)6(9)10-3/h1,3H3/b5-4-. The lowest BCUT2D eigenvalue weighted by atomic mass is 10.4. The van der Waals surface area contributed by atoms with Crippen LogP contribution in [0.5, 0.6) is 0 Å². The topological polar surface area (TPSA) is 30.7 Å². The van der Waals surface area contributed by atoms with E-state index in [0.29, 0.717) is 4.48 Å². The van der Waals surface area contributed by atoms with Gasteiger partial charge in [-0.25, -0.2) is 4.85 Å². The Hall–Kier alpha value is -0.820. The van der Waals surface area contributed by atoms with E-state index in [1.807, 2.05) is 0 Å². The minimum Gasteiger partial charge on any atom is -0.474 e. The van der Waals surface area contributed by atoms with Crippen molar-refractivity contribution >= 4 is 21.9 Å². The van der Waals surface area contributed by atoms with Gasteiger partial charge in [0, 0.05) is 4.48 Å². The number of methoxy groups -OCH3 is 1. The number of ether oxygens (including phenoxy) is 1. The second-order valence-electron chi connectivity index (χ2n) is 1.49. The second kappa shape index (κ2) is 4.07. The summed E-state index contributed by atoms with van der Waals surface area (Å²) in [7, 11) is 1.24. The summed E-state index contributed by atoms with van der Waals surface area (Å²) in [5, 5.41) is 0. The van der Waals surface area contributed by atoms with Gasteiger partial charge in [-0.05, 0) is 6.92 Å². The average Bonchev–Trinajstić information content (AvgIpc) is 1.88. The molecule has 0 saturated heterocycles. The van der Waals surface area contributed by atoms with Crippen LogP contribution < -0.4 is 0 Å². The van der Waals surface area contributed by atoms with E-state index in [0.717, 1.165) is 0 Å². The van der Waals surface area contributed by atoms with Gasteiger partial charge in [0.2, 0.25) is 0 Å². The van der Waals surface area contributed by atoms with Crippen LogP contribution in [0.15, 0.2) is 10.2 Å². The largest absolute Gasteiger partial charge is 0.474 e. The molecule has 3 nitrogen and oxygen atoms in total. The van der Waals surface area contributed by atoms with E-state index < -0.39 is 5.97 Å². The molecule has 0 fully saturated rings. The number of esters is 1. The highest BCUT2D eigenvalue weighted by molar-refractivity contribution is 9.11. The van der Waals surface area contributed by atoms with Crippen molar-refractivity contribution in [2.45, 2.75) is 6.92 Å². The maximum atomic E-state index is 10.7. The Kier molecular flexibility index (Phi) is 3.74. The third-order valence-corrected chi connectivity index (χ3v) is 1.19. The normalized spacial score (nSPS) is 11.4. The number of halogens is 1. The quantitative estimate of drug-likeness (QED) is 0.369. The van der Waals surface area contributed by atoms with Crippen LogP contribution in [0.2, 0.25) is 0 Å². The van der Waals surface area contributed by atoms with Crippen molar-refractivity contribution in [2.24, 2.45) is 0 Å². The van der Waals surface area contributed by atoms with Crippen LogP contribution in [0.3, 0.4) is 0 Å². The van der Waals surface area contributed by atoms with Gasteiger partial charge in [-0.3, -0.25) is 4.79 Å². The highest BCUT2D eigenvalue weighted by atomic mass is 79.9. The Morgan fingerprint density at radius 3 is 2.30 bits per heavy atom. The highest BCUT2D eigenvalue weighted by Gasteiger charge is 2.11. The molecule has 54 valence electrons. The summed E-state index contributed by atoms with van der Waals surface area (Å²) < 4.78 is 4.82. The lowest BCUT2D eigenvalue weighted by Gasteiger charge is -1.95. The van der Waals surface area contributed by atoms with Crippen LogP contribution in [0.25, 0.3) is 4.85 Å². The van der Waals surface area contributed by atoms with E-state index in [1.54, 1.807) is 6.92 Å². The van der Waals surface area contributed by atoms with Gasteiger partial charge >= 0.3 is 5.97 Å². The third kappa shape index (κ3) is 2.19. The molecule has 0 aliphatic carbocycles. The zero-order valence-electron chi connectivity index (χ0n) is 5.64. The van der Waals surface area contributed by atoms with Crippen molar-refractivity contribution in [2.75, 3.05) is 7.11 Å². The van der Waals surface area contributed by atoms with E-state index >= 15 is 0 Å². The Balaban J connectivity index is 4.59. The molecule has 0 amide bonds. The predicted octanol–water partition coefficient (Wildman–Crippen LogP) is 1.71. The summed E-state index contributed by atoms with van der Waals surface area (Å²) in [4.78, 5) is 13.6. The SMILES string of the molecule is [C-]#[N+]/C(C(=O)OC)=C(/C)Br. The molecule has 0 unspecified atom stereocenters. The molecule has 0 saturated carbocycles. The second-order valence-corrected chi connectivity index (χ2v) is 2.67. The van der Waals surface area contributed by atoms with Gasteiger partial charge in [0.25, 0.3) is 5.70 Å². The van der Waals surface area contributed by atoms with Crippen LogP contribution in [-0.4, -0.2) is 13.1 Å². The molecule has 0 spiro atoms. The molecule has 0 N–H and O–H groups in total. The summed E-state index contributed by atoms with van der Waals surface area (Å²) in [5.74, 6) is -0.607. The molecule has 0 aromatic carbocycles. The van der Waals surface area contributed by atoms with Crippen LogP contribution >= 0.6 is 15.9 Å². The Morgan fingerprint density at radius 2 is 2.20 bits per heavy atom. The van der Waals surface area contributed by atoms with Crippen LogP contribution in [0.1, 0.15) is 6.92 Å². The summed E-state index contributed by atoms with van der Waals surface area (Å²) in [6.07, 6.45) is 0. The number of carbonyl (C=O) groups is 1. The fourth-order valence-electron chi connectivity index (χ4n) is 0.360. The highest BCUT2D eigenvalue weighted by Crippen LogP contribution is 2.12. The van der Waals surface area contributed by atoms with Crippen LogP contribution in [-0.2, 0) is 9.53 Å². The summed E-state index contributed by atoms with van der Waals surface area (Å²) >= 11 is 3.01. The molecule has 10 heavy (non-hydrogen) atoms. The van der Waals surface area contributed by atoms with Crippen molar-refractivity contribution in [1.82, 2.24) is 0 Å². The lowest BCUT2D eigenvalue weighted by molar-refractivity contribution is -0.135. The Morgan fingerprint density at radius 1 is 1.70 bits per heavy atom. The first-order chi connectivity index (χ1) is 4.63. The van der Waals surface area contributed by atoms with Gasteiger partial charge < -0.3 is 4.74 Å². The fraction of sp³-hybridized carbons (Fsp3) is 0.333. The Bertz CT molecular complexity index is 210. The number of hydrogen-bond acceptors (Lipinski definition) is 2. The van der Waals surface area contributed by atoms with Crippen molar-refractivity contribution in [3.63, 3.8) is 0 Å². The molecule has 0 atom stereocenters. The molecule has 4 heteroatoms. The summed E-state index contributed by atoms with van der Waals surface area (Å²) in [5.41, 5.74) is -0.0116. The van der Waals surface area contributed by atoms with Crippen molar-refractivity contribution in [3.05, 3.63) is 21.6 Å². The van der Waals surface area contributed by atoms with Crippen LogP contribution in [0.4, 0.5) is 0 Å². The first-order valence-corrected chi connectivity index (χ1v) is 3.25. The van der Waals surface area contributed by atoms with Gasteiger partial charge in [0.05, 0.1) is 13.7 Å². The molecule has 0 aliphatic rings. The maximum Gasteiger partial charge on any atom is 0.336 e. The van der Waals surface area contributed by atoms with E-state index in [-0.39, 0.29) is 5.70 Å². The number of nitrogens with zero attached hydrogens (tertiary/aromatic N) is 1. The average molecular weight is 204 g/mol. The van der Waals surface area contributed by atoms with Gasteiger partial charge in [0.1, 0.15) is 0 Å². The van der Waals surface area contributed by atoms with Gasteiger partial charge in [-0.1, -0.05) is 15.9 Å². The fourth-order valence-corrected chi connectivity index (χ4v) is 0.611. The Labute approximate surface area is 67.6 Å². The van der Waals surface area contributed by atoms with Gasteiger partial charge in [-0.2, -0.15) is 0 Å². The predicted molar refractivity (Wildman–Crippen MR) is 40.2 cm³/mol. The summed E-state index contributed by atoms with van der Waals surface area (Å²) in [6.45, 7) is 8.18. The third-order valence-electron chi connectivity index (χ3n) is 0.817. The van der Waals surface area contributed by atoms with Gasteiger partial charge in [-0.15, -0.1) is 0 Å². The number of hydrogen-bond donors (Lipinski definition) is 0. The van der Waals surface area contributed by atoms with E-state index in [1.165, 1.54) is 7.11 Å². The van der Waals surface area contributed by atoms with E-state index in [2.05, 4.69) is 25.5 Å². The number of carbonyl (C=O) groups excluding carboxylic acids is 1. The number of allylic oxidation sites excluding steroid dienone is 1. The van der Waals surface area contributed by atoms with Crippen LogP contribution in [0, 0.1) is 6.57 Å².